The average molecular weight is 488 g/mol. The first kappa shape index (κ1) is 23.2. The number of rotatable bonds is 7. The molecule has 2 heterocycles. The van der Waals surface area contributed by atoms with Crippen LogP contribution in [0.25, 0.3) is 0 Å². The molecule has 0 saturated carbocycles. The lowest BCUT2D eigenvalue weighted by molar-refractivity contribution is 0.100. The fraction of sp³-hybridized carbons (Fsp3) is 0.304. The summed E-state index contributed by atoms with van der Waals surface area (Å²) in [7, 11) is -2.29. The summed E-state index contributed by atoms with van der Waals surface area (Å²) in [4.78, 5) is 26.1. The molecule has 10 heteroatoms. The molecular weight excluding hydrogens is 462 g/mol. The Morgan fingerprint density at radius 2 is 1.85 bits per heavy atom. The Labute approximate surface area is 196 Å². The number of aryl methyl sites for hydroxylation is 1. The zero-order valence-electron chi connectivity index (χ0n) is 18.2. The van der Waals surface area contributed by atoms with E-state index in [4.69, 9.17) is 10.2 Å². The molecule has 0 spiro atoms. The van der Waals surface area contributed by atoms with Gasteiger partial charge in [0.2, 0.25) is 10.0 Å². The van der Waals surface area contributed by atoms with Gasteiger partial charge in [0.15, 0.2) is 0 Å². The van der Waals surface area contributed by atoms with Gasteiger partial charge in [0.05, 0.1) is 23.3 Å². The molecule has 1 aliphatic carbocycles. The van der Waals surface area contributed by atoms with Crippen LogP contribution in [0.1, 0.15) is 56.2 Å². The number of carbonyl (C=O) groups is 2. The monoisotopic (exact) mass is 487 g/mol. The minimum atomic E-state index is -3.76. The molecule has 0 atom stereocenters. The number of nitrogens with zero attached hydrogens (tertiary/aromatic N) is 1. The van der Waals surface area contributed by atoms with Gasteiger partial charge in [0, 0.05) is 17.5 Å². The van der Waals surface area contributed by atoms with Crippen LogP contribution in [-0.2, 0) is 29.4 Å². The fourth-order valence-corrected chi connectivity index (χ4v) is 6.36. The van der Waals surface area contributed by atoms with E-state index in [0.717, 1.165) is 42.5 Å². The third kappa shape index (κ3) is 4.87. The van der Waals surface area contributed by atoms with Crippen LogP contribution in [-0.4, -0.2) is 31.6 Å². The van der Waals surface area contributed by atoms with Crippen LogP contribution < -0.4 is 11.1 Å². The van der Waals surface area contributed by atoms with Gasteiger partial charge in [0.25, 0.3) is 11.8 Å². The Morgan fingerprint density at radius 1 is 1.12 bits per heavy atom. The van der Waals surface area contributed by atoms with Gasteiger partial charge in [-0.15, -0.1) is 11.3 Å². The van der Waals surface area contributed by atoms with E-state index >= 15 is 0 Å². The molecule has 3 aromatic rings. The molecule has 1 aromatic carbocycles. The van der Waals surface area contributed by atoms with Gasteiger partial charge in [0.1, 0.15) is 10.8 Å². The summed E-state index contributed by atoms with van der Waals surface area (Å²) in [5.41, 5.74) is 7.25. The molecule has 0 unspecified atom stereocenters. The van der Waals surface area contributed by atoms with Crippen molar-refractivity contribution in [3.63, 3.8) is 0 Å². The summed E-state index contributed by atoms with van der Waals surface area (Å²) in [6.45, 7) is 0.0938. The summed E-state index contributed by atoms with van der Waals surface area (Å²) in [5.74, 6) is -0.454. The van der Waals surface area contributed by atoms with Crippen molar-refractivity contribution in [1.82, 2.24) is 4.31 Å². The minimum absolute atomic E-state index is 0.0637. The van der Waals surface area contributed by atoms with Gasteiger partial charge in [-0.25, -0.2) is 8.42 Å². The summed E-state index contributed by atoms with van der Waals surface area (Å²) >= 11 is 1.40. The fourth-order valence-electron chi connectivity index (χ4n) is 3.93. The Kier molecular flexibility index (Phi) is 6.68. The van der Waals surface area contributed by atoms with Gasteiger partial charge in [-0.1, -0.05) is 6.42 Å². The normalized spacial score (nSPS) is 14.0. The van der Waals surface area contributed by atoms with E-state index in [2.05, 4.69) is 5.32 Å². The maximum Gasteiger partial charge on any atom is 0.256 e. The zero-order valence-corrected chi connectivity index (χ0v) is 19.8. The number of sulfonamides is 1. The first-order valence-electron chi connectivity index (χ1n) is 10.6. The van der Waals surface area contributed by atoms with Crippen molar-refractivity contribution < 1.29 is 22.4 Å². The third-order valence-electron chi connectivity index (χ3n) is 5.68. The second-order valence-corrected chi connectivity index (χ2v) is 11.1. The van der Waals surface area contributed by atoms with Crippen LogP contribution in [0.3, 0.4) is 0 Å². The Morgan fingerprint density at radius 3 is 2.52 bits per heavy atom. The van der Waals surface area contributed by atoms with Crippen LogP contribution >= 0.6 is 11.3 Å². The quantitative estimate of drug-likeness (QED) is 0.491. The van der Waals surface area contributed by atoms with Gasteiger partial charge >= 0.3 is 0 Å². The minimum Gasteiger partial charge on any atom is -0.468 e. The number of nitrogens with one attached hydrogen (secondary N) is 1. The summed E-state index contributed by atoms with van der Waals surface area (Å²) in [5, 5.41) is 3.26. The number of furan rings is 1. The van der Waals surface area contributed by atoms with E-state index in [9.17, 15) is 18.0 Å². The van der Waals surface area contributed by atoms with Crippen molar-refractivity contribution in [2.75, 3.05) is 12.4 Å². The molecular formula is C23H25N3O5S2. The van der Waals surface area contributed by atoms with E-state index < -0.39 is 21.8 Å². The number of fused-ring (bicyclic) bond motifs is 1. The number of hydrogen-bond donors (Lipinski definition) is 2. The van der Waals surface area contributed by atoms with E-state index in [1.165, 1.54) is 53.2 Å². The second-order valence-electron chi connectivity index (χ2n) is 7.95. The van der Waals surface area contributed by atoms with Crippen LogP contribution in [0.2, 0.25) is 0 Å². The molecule has 0 bridgehead atoms. The highest BCUT2D eigenvalue weighted by Gasteiger charge is 2.25. The maximum atomic E-state index is 12.8. The molecule has 1 aliphatic rings. The van der Waals surface area contributed by atoms with E-state index in [1.807, 2.05) is 0 Å². The Hall–Kier alpha value is -2.95. The van der Waals surface area contributed by atoms with Crippen LogP contribution in [0.4, 0.5) is 5.00 Å². The van der Waals surface area contributed by atoms with Crippen molar-refractivity contribution in [2.24, 2.45) is 5.73 Å². The second kappa shape index (κ2) is 9.50. The summed E-state index contributed by atoms with van der Waals surface area (Å²) in [6, 6.07) is 9.07. The molecule has 0 radical (unpaired) electrons. The highest BCUT2D eigenvalue weighted by Crippen LogP contribution is 2.37. The van der Waals surface area contributed by atoms with Crippen LogP contribution in [0.15, 0.2) is 52.0 Å². The lowest BCUT2D eigenvalue weighted by atomic mass is 10.1. The van der Waals surface area contributed by atoms with Crippen molar-refractivity contribution in [3.05, 3.63) is 70.0 Å². The largest absolute Gasteiger partial charge is 0.468 e. The van der Waals surface area contributed by atoms with Crippen molar-refractivity contribution in [3.8, 4) is 0 Å². The molecule has 0 saturated heterocycles. The zero-order chi connectivity index (χ0) is 23.6. The van der Waals surface area contributed by atoms with Crippen molar-refractivity contribution in [2.45, 2.75) is 43.5 Å². The highest BCUT2D eigenvalue weighted by atomic mass is 32.2. The first-order chi connectivity index (χ1) is 15.8. The number of nitrogens with two attached hydrogens (primary N) is 1. The lowest BCUT2D eigenvalue weighted by Crippen LogP contribution is -2.26. The molecule has 2 amide bonds. The van der Waals surface area contributed by atoms with E-state index in [0.29, 0.717) is 16.3 Å². The number of primary amides is 1. The Balaban J connectivity index is 1.52. The number of amides is 2. The number of hydrogen-bond acceptors (Lipinski definition) is 6. The number of benzene rings is 1. The molecule has 2 aromatic heterocycles. The molecule has 33 heavy (non-hydrogen) atoms. The van der Waals surface area contributed by atoms with Gasteiger partial charge in [-0.3, -0.25) is 9.59 Å². The summed E-state index contributed by atoms with van der Waals surface area (Å²) < 4.78 is 32.0. The van der Waals surface area contributed by atoms with Crippen molar-refractivity contribution >= 4 is 38.2 Å². The predicted molar refractivity (Wildman–Crippen MR) is 126 cm³/mol. The summed E-state index contributed by atoms with van der Waals surface area (Å²) in [6.07, 6.45) is 6.27. The molecule has 0 aliphatic heterocycles. The van der Waals surface area contributed by atoms with Gasteiger partial charge in [-0.2, -0.15) is 4.31 Å². The van der Waals surface area contributed by atoms with Crippen LogP contribution in [0, 0.1) is 0 Å². The number of thiophene rings is 1. The lowest BCUT2D eigenvalue weighted by Gasteiger charge is -2.16. The highest BCUT2D eigenvalue weighted by molar-refractivity contribution is 7.89. The van der Waals surface area contributed by atoms with Gasteiger partial charge in [-0.05, 0) is 67.6 Å². The number of anilines is 1. The average Bonchev–Trinajstić information content (AvgIpc) is 3.35. The molecule has 3 N–H and O–H groups in total. The Bertz CT molecular complexity index is 1260. The van der Waals surface area contributed by atoms with Crippen LogP contribution in [0.5, 0.6) is 0 Å². The predicted octanol–water partition coefficient (Wildman–Crippen LogP) is 3.78. The molecule has 0 fully saturated rings. The smallest absolute Gasteiger partial charge is 0.256 e. The van der Waals surface area contributed by atoms with Crippen molar-refractivity contribution in [1.29, 1.82) is 0 Å². The number of carbonyl (C=O) groups excluding carboxylic acids is 2. The molecule has 174 valence electrons. The topological polar surface area (TPSA) is 123 Å². The maximum absolute atomic E-state index is 12.8. The molecule has 8 nitrogen and oxygen atoms in total. The van der Waals surface area contributed by atoms with Gasteiger partial charge < -0.3 is 15.5 Å². The van der Waals surface area contributed by atoms with E-state index in [1.54, 1.807) is 12.1 Å². The van der Waals surface area contributed by atoms with E-state index in [-0.39, 0.29) is 17.0 Å². The first-order valence-corrected chi connectivity index (χ1v) is 12.9. The standard InChI is InChI=1S/C23H25N3O5S2/c1-26(14-16-6-5-13-31-16)33(29,30)17-11-9-15(10-12-17)22(28)25-23-20(21(24)27)18-7-3-2-4-8-19(18)32-23/h5-6,9-13H,2-4,7-8,14H2,1H3,(H2,24,27)(H,25,28). The molecule has 4 rings (SSSR count). The SMILES string of the molecule is CN(Cc1ccco1)S(=O)(=O)c1ccc(C(=O)Nc2sc3c(c2C(N)=O)CCCCC3)cc1. The third-order valence-corrected chi connectivity index (χ3v) is 8.70.